The molecule has 132 valence electrons. The summed E-state index contributed by atoms with van der Waals surface area (Å²) in [6, 6.07) is 2.11. The number of piperazine rings is 1. The SMILES string of the molecule is CC(=O)N1CCN(C(=O)Nc2cc(Cl)cc(C(F)(F)F)c2)C(C)C1. The van der Waals surface area contributed by atoms with Crippen molar-refractivity contribution in [2.75, 3.05) is 25.0 Å². The lowest BCUT2D eigenvalue weighted by Gasteiger charge is -2.39. The predicted octanol–water partition coefficient (Wildman–Crippen LogP) is 3.44. The predicted molar refractivity (Wildman–Crippen MR) is 83.9 cm³/mol. The zero-order chi connectivity index (χ0) is 18.1. The fourth-order valence-corrected chi connectivity index (χ4v) is 2.80. The number of hydrogen-bond donors (Lipinski definition) is 1. The van der Waals surface area contributed by atoms with Crippen LogP contribution < -0.4 is 5.32 Å². The summed E-state index contributed by atoms with van der Waals surface area (Å²) in [5, 5.41) is 2.32. The van der Waals surface area contributed by atoms with Crippen molar-refractivity contribution in [3.8, 4) is 0 Å². The normalized spacial score (nSPS) is 18.5. The molecule has 24 heavy (non-hydrogen) atoms. The van der Waals surface area contributed by atoms with E-state index in [1.54, 1.807) is 11.8 Å². The molecule has 9 heteroatoms. The number of anilines is 1. The van der Waals surface area contributed by atoms with Crippen molar-refractivity contribution < 1.29 is 22.8 Å². The van der Waals surface area contributed by atoms with Crippen LogP contribution in [0.3, 0.4) is 0 Å². The average molecular weight is 364 g/mol. The lowest BCUT2D eigenvalue weighted by Crippen LogP contribution is -2.56. The Kier molecular flexibility index (Phi) is 5.27. The van der Waals surface area contributed by atoms with E-state index in [0.717, 1.165) is 12.1 Å². The van der Waals surface area contributed by atoms with Crippen LogP contribution in [-0.2, 0) is 11.0 Å². The van der Waals surface area contributed by atoms with E-state index in [1.807, 2.05) is 0 Å². The molecule has 1 unspecified atom stereocenters. The van der Waals surface area contributed by atoms with Crippen LogP contribution in [0.1, 0.15) is 19.4 Å². The molecular weight excluding hydrogens is 347 g/mol. The standard InChI is InChI=1S/C15H17ClF3N3O2/c1-9-8-21(10(2)23)3-4-22(9)14(24)20-13-6-11(15(17,18)19)5-12(16)7-13/h5-7,9H,3-4,8H2,1-2H3,(H,20,24). The van der Waals surface area contributed by atoms with E-state index >= 15 is 0 Å². The Morgan fingerprint density at radius 1 is 1.25 bits per heavy atom. The molecule has 1 aliphatic rings. The molecule has 1 heterocycles. The van der Waals surface area contributed by atoms with Gasteiger partial charge in [0.05, 0.1) is 5.56 Å². The minimum absolute atomic E-state index is 0.0268. The van der Waals surface area contributed by atoms with Gasteiger partial charge in [-0.15, -0.1) is 0 Å². The number of alkyl halides is 3. The van der Waals surface area contributed by atoms with E-state index in [-0.39, 0.29) is 22.7 Å². The van der Waals surface area contributed by atoms with Crippen LogP contribution in [-0.4, -0.2) is 47.4 Å². The molecule has 0 bridgehead atoms. The summed E-state index contributed by atoms with van der Waals surface area (Å²) in [6.45, 7) is 4.29. The minimum Gasteiger partial charge on any atom is -0.339 e. The van der Waals surface area contributed by atoms with Crippen LogP contribution in [0.25, 0.3) is 0 Å². The lowest BCUT2D eigenvalue weighted by molar-refractivity contribution is -0.137. The molecule has 0 aliphatic carbocycles. The van der Waals surface area contributed by atoms with Crippen LogP contribution in [0.15, 0.2) is 18.2 Å². The molecule has 1 atom stereocenters. The first-order chi connectivity index (χ1) is 11.1. The Morgan fingerprint density at radius 2 is 1.92 bits per heavy atom. The second-order valence-electron chi connectivity index (χ2n) is 5.66. The van der Waals surface area contributed by atoms with Crippen LogP contribution in [0.4, 0.5) is 23.7 Å². The molecule has 0 radical (unpaired) electrons. The first-order valence-electron chi connectivity index (χ1n) is 7.29. The summed E-state index contributed by atoms with van der Waals surface area (Å²) in [6.07, 6.45) is -4.55. The average Bonchev–Trinajstić information content (AvgIpc) is 2.45. The highest BCUT2D eigenvalue weighted by atomic mass is 35.5. The van der Waals surface area contributed by atoms with E-state index in [9.17, 15) is 22.8 Å². The molecule has 1 aliphatic heterocycles. The van der Waals surface area contributed by atoms with Crippen LogP contribution in [0, 0.1) is 0 Å². The molecule has 1 aromatic carbocycles. The van der Waals surface area contributed by atoms with Gasteiger partial charge in [-0.1, -0.05) is 11.6 Å². The molecule has 1 saturated heterocycles. The van der Waals surface area contributed by atoms with Gasteiger partial charge < -0.3 is 15.1 Å². The number of rotatable bonds is 1. The Hall–Kier alpha value is -1.96. The third-order valence-electron chi connectivity index (χ3n) is 3.81. The molecule has 0 aromatic heterocycles. The number of carbonyl (C=O) groups is 2. The molecule has 1 aromatic rings. The minimum atomic E-state index is -4.55. The van der Waals surface area contributed by atoms with Crippen molar-refractivity contribution in [1.82, 2.24) is 9.80 Å². The summed E-state index contributed by atoms with van der Waals surface area (Å²) in [4.78, 5) is 26.8. The van der Waals surface area contributed by atoms with Crippen molar-refractivity contribution in [1.29, 1.82) is 0 Å². The van der Waals surface area contributed by atoms with E-state index in [4.69, 9.17) is 11.6 Å². The maximum Gasteiger partial charge on any atom is 0.416 e. The van der Waals surface area contributed by atoms with Gasteiger partial charge in [0, 0.05) is 43.3 Å². The van der Waals surface area contributed by atoms with Crippen molar-refractivity contribution >= 4 is 29.2 Å². The van der Waals surface area contributed by atoms with Crippen LogP contribution in [0.5, 0.6) is 0 Å². The van der Waals surface area contributed by atoms with Gasteiger partial charge >= 0.3 is 12.2 Å². The highest BCUT2D eigenvalue weighted by molar-refractivity contribution is 6.31. The molecule has 1 N–H and O–H groups in total. The van der Waals surface area contributed by atoms with Gasteiger partial charge in [-0.3, -0.25) is 4.79 Å². The third kappa shape index (κ3) is 4.31. The van der Waals surface area contributed by atoms with E-state index < -0.39 is 17.8 Å². The highest BCUT2D eigenvalue weighted by Crippen LogP contribution is 2.33. The van der Waals surface area contributed by atoms with E-state index in [0.29, 0.717) is 19.6 Å². The summed E-state index contributed by atoms with van der Waals surface area (Å²) in [5.41, 5.74) is -0.958. The van der Waals surface area contributed by atoms with E-state index in [2.05, 4.69) is 5.32 Å². The first-order valence-corrected chi connectivity index (χ1v) is 7.66. The van der Waals surface area contributed by atoms with Gasteiger partial charge in [0.1, 0.15) is 0 Å². The molecule has 0 saturated carbocycles. The Bertz CT molecular complexity index is 651. The zero-order valence-corrected chi connectivity index (χ0v) is 13.9. The van der Waals surface area contributed by atoms with Crippen molar-refractivity contribution in [2.45, 2.75) is 26.1 Å². The molecule has 1 fully saturated rings. The molecule has 2 rings (SSSR count). The van der Waals surface area contributed by atoms with Gasteiger partial charge in [-0.05, 0) is 25.1 Å². The van der Waals surface area contributed by atoms with Crippen LogP contribution >= 0.6 is 11.6 Å². The lowest BCUT2D eigenvalue weighted by atomic mass is 10.2. The number of benzene rings is 1. The number of nitrogens with one attached hydrogen (secondary N) is 1. The fraction of sp³-hybridized carbons (Fsp3) is 0.467. The molecule has 3 amide bonds. The van der Waals surface area contributed by atoms with Gasteiger partial charge in [-0.2, -0.15) is 13.2 Å². The smallest absolute Gasteiger partial charge is 0.339 e. The maximum absolute atomic E-state index is 12.8. The third-order valence-corrected chi connectivity index (χ3v) is 4.03. The molecule has 0 spiro atoms. The van der Waals surface area contributed by atoms with Crippen LogP contribution in [0.2, 0.25) is 5.02 Å². The van der Waals surface area contributed by atoms with Crippen molar-refractivity contribution in [2.24, 2.45) is 0 Å². The Balaban J connectivity index is 2.10. The van der Waals surface area contributed by atoms with Gasteiger partial charge in [-0.25, -0.2) is 4.79 Å². The quantitative estimate of drug-likeness (QED) is 0.831. The first kappa shape index (κ1) is 18.4. The topological polar surface area (TPSA) is 52.7 Å². The number of halogens is 4. The van der Waals surface area contributed by atoms with Gasteiger partial charge in [0.15, 0.2) is 0 Å². The van der Waals surface area contributed by atoms with Crippen molar-refractivity contribution in [3.05, 3.63) is 28.8 Å². The highest BCUT2D eigenvalue weighted by Gasteiger charge is 2.32. The Morgan fingerprint density at radius 3 is 2.46 bits per heavy atom. The second-order valence-corrected chi connectivity index (χ2v) is 6.10. The number of urea groups is 1. The molecule has 5 nitrogen and oxygen atoms in total. The monoisotopic (exact) mass is 363 g/mol. The number of hydrogen-bond acceptors (Lipinski definition) is 2. The van der Waals surface area contributed by atoms with Gasteiger partial charge in [0.25, 0.3) is 0 Å². The van der Waals surface area contributed by atoms with Gasteiger partial charge in [0.2, 0.25) is 5.91 Å². The fourth-order valence-electron chi connectivity index (χ4n) is 2.57. The summed E-state index contributed by atoms with van der Waals surface area (Å²) in [5.74, 6) is -0.0773. The molecular formula is C15H17ClF3N3O2. The zero-order valence-electron chi connectivity index (χ0n) is 13.2. The summed E-state index contributed by atoms with van der Waals surface area (Å²) >= 11 is 5.70. The number of nitrogens with zero attached hydrogens (tertiary/aromatic N) is 2. The van der Waals surface area contributed by atoms with Crippen molar-refractivity contribution in [3.63, 3.8) is 0 Å². The second kappa shape index (κ2) is 6.88. The summed E-state index contributed by atoms with van der Waals surface area (Å²) < 4.78 is 38.4. The number of amides is 3. The van der Waals surface area contributed by atoms with E-state index in [1.165, 1.54) is 17.9 Å². The number of carbonyl (C=O) groups excluding carboxylic acids is 2. The largest absolute Gasteiger partial charge is 0.416 e. The summed E-state index contributed by atoms with van der Waals surface area (Å²) in [7, 11) is 0. The maximum atomic E-state index is 12.8. The Labute approximate surface area is 142 Å².